The molecule has 5 nitrogen and oxygen atoms in total. The van der Waals surface area contributed by atoms with Gasteiger partial charge in [-0.1, -0.05) is 48.0 Å². The Morgan fingerprint density at radius 1 is 1.10 bits per heavy atom. The molecule has 0 aliphatic carbocycles. The minimum absolute atomic E-state index is 0.0725. The summed E-state index contributed by atoms with van der Waals surface area (Å²) in [5.41, 5.74) is 0.146. The van der Waals surface area contributed by atoms with E-state index >= 15 is 0 Å². The molecule has 1 aliphatic heterocycles. The van der Waals surface area contributed by atoms with Gasteiger partial charge < -0.3 is 5.11 Å². The molecule has 2 N–H and O–H groups in total. The SMILES string of the molecule is Cc1ccc(-c2cc(C(=O)N3NC(C(F)F)=CC3(O)C(F)F)c3ccccc3n2)cc1. The van der Waals surface area contributed by atoms with E-state index in [1.807, 2.05) is 24.5 Å². The number of hydrogen-bond donors (Lipinski definition) is 2. The summed E-state index contributed by atoms with van der Waals surface area (Å²) in [6.45, 7) is 1.91. The summed E-state index contributed by atoms with van der Waals surface area (Å²) in [5.74, 6) is -1.10. The molecule has 1 aliphatic rings. The molecule has 3 aromatic rings. The molecule has 9 heteroatoms. The predicted molar refractivity (Wildman–Crippen MR) is 106 cm³/mol. The number of aromatic nitrogens is 1. The van der Waals surface area contributed by atoms with E-state index in [-0.39, 0.29) is 16.6 Å². The van der Waals surface area contributed by atoms with Gasteiger partial charge in [0.05, 0.1) is 22.5 Å². The highest BCUT2D eigenvalue weighted by molar-refractivity contribution is 6.07. The maximum atomic E-state index is 13.6. The van der Waals surface area contributed by atoms with E-state index in [4.69, 9.17) is 0 Å². The Morgan fingerprint density at radius 3 is 2.42 bits per heavy atom. The maximum Gasteiger partial charge on any atom is 0.291 e. The van der Waals surface area contributed by atoms with Crippen molar-refractivity contribution in [3.05, 3.63) is 77.5 Å². The summed E-state index contributed by atoms with van der Waals surface area (Å²) in [5, 5.41) is 10.8. The number of hydrogen-bond acceptors (Lipinski definition) is 4. The number of rotatable bonds is 4. The third-order valence-corrected chi connectivity index (χ3v) is 5.02. The lowest BCUT2D eigenvalue weighted by Gasteiger charge is -2.32. The Labute approximate surface area is 174 Å². The van der Waals surface area contributed by atoms with E-state index in [9.17, 15) is 27.5 Å². The van der Waals surface area contributed by atoms with Gasteiger partial charge >= 0.3 is 0 Å². The van der Waals surface area contributed by atoms with Crippen LogP contribution in [0, 0.1) is 6.92 Å². The number of aliphatic hydroxyl groups is 1. The molecule has 0 saturated carbocycles. The van der Waals surface area contributed by atoms with Crippen LogP contribution < -0.4 is 5.43 Å². The van der Waals surface area contributed by atoms with E-state index < -0.39 is 30.2 Å². The Kier molecular flexibility index (Phi) is 5.14. The van der Waals surface area contributed by atoms with Crippen molar-refractivity contribution >= 4 is 16.8 Å². The van der Waals surface area contributed by atoms with Gasteiger partial charge in [0.1, 0.15) is 0 Å². The third-order valence-electron chi connectivity index (χ3n) is 5.02. The van der Waals surface area contributed by atoms with E-state index in [2.05, 4.69) is 4.98 Å². The molecule has 1 aromatic heterocycles. The molecule has 31 heavy (non-hydrogen) atoms. The van der Waals surface area contributed by atoms with Crippen LogP contribution in [0.3, 0.4) is 0 Å². The van der Waals surface area contributed by atoms with Crippen molar-refractivity contribution in [3.8, 4) is 11.3 Å². The first-order valence-electron chi connectivity index (χ1n) is 9.30. The van der Waals surface area contributed by atoms with Gasteiger partial charge in [0, 0.05) is 17.0 Å². The van der Waals surface area contributed by atoms with E-state index in [1.165, 1.54) is 6.07 Å². The lowest BCUT2D eigenvalue weighted by atomic mass is 10.0. The molecule has 160 valence electrons. The van der Waals surface area contributed by atoms with E-state index in [0.717, 1.165) is 5.56 Å². The number of pyridine rings is 1. The number of allylic oxidation sites excluding steroid dienone is 1. The highest BCUT2D eigenvalue weighted by Gasteiger charge is 2.51. The number of nitrogens with one attached hydrogen (secondary N) is 1. The predicted octanol–water partition coefficient (Wildman–Crippen LogP) is 4.27. The number of aryl methyl sites for hydroxylation is 1. The Balaban J connectivity index is 1.85. The third kappa shape index (κ3) is 3.61. The standard InChI is InChI=1S/C22H17F4N3O2/c1-12-6-8-13(9-7-12)17-10-15(14-4-2-3-5-16(14)27-17)20(30)29-22(31,21(25)26)11-18(28-29)19(23)24/h2-11,19,21,28,31H,1H3. The van der Waals surface area contributed by atoms with Crippen LogP contribution in [0.15, 0.2) is 66.4 Å². The second-order valence-electron chi connectivity index (χ2n) is 7.17. The first kappa shape index (κ1) is 20.8. The quantitative estimate of drug-likeness (QED) is 0.606. The maximum absolute atomic E-state index is 13.6. The van der Waals surface area contributed by atoms with Crippen molar-refractivity contribution in [3.63, 3.8) is 0 Å². The number of carbonyl (C=O) groups excluding carboxylic acids is 1. The molecule has 0 fully saturated rings. The minimum Gasteiger partial charge on any atom is -0.361 e. The summed E-state index contributed by atoms with van der Waals surface area (Å²) >= 11 is 0. The Morgan fingerprint density at radius 2 is 1.77 bits per heavy atom. The summed E-state index contributed by atoms with van der Waals surface area (Å²) in [6.07, 6.45) is -6.44. The van der Waals surface area contributed by atoms with Crippen LogP contribution in [0.1, 0.15) is 15.9 Å². The lowest BCUT2D eigenvalue weighted by molar-refractivity contribution is -0.146. The van der Waals surface area contributed by atoms with Crippen molar-refractivity contribution in [2.24, 2.45) is 0 Å². The van der Waals surface area contributed by atoms with Gasteiger partial charge in [0.2, 0.25) is 5.72 Å². The first-order chi connectivity index (χ1) is 14.7. The number of benzene rings is 2. The highest BCUT2D eigenvalue weighted by Crippen LogP contribution is 2.33. The molecule has 2 heterocycles. The molecule has 0 saturated heterocycles. The topological polar surface area (TPSA) is 65.5 Å². The van der Waals surface area contributed by atoms with Crippen LogP contribution >= 0.6 is 0 Å². The van der Waals surface area contributed by atoms with Gasteiger partial charge in [-0.3, -0.25) is 10.2 Å². The van der Waals surface area contributed by atoms with Crippen molar-refractivity contribution in [2.45, 2.75) is 25.5 Å². The van der Waals surface area contributed by atoms with Crippen molar-refractivity contribution in [2.75, 3.05) is 0 Å². The first-order valence-corrected chi connectivity index (χ1v) is 9.30. The second kappa shape index (κ2) is 7.66. The molecule has 2 aromatic carbocycles. The number of alkyl halides is 4. The largest absolute Gasteiger partial charge is 0.361 e. The summed E-state index contributed by atoms with van der Waals surface area (Å²) in [7, 11) is 0. The van der Waals surface area contributed by atoms with Crippen molar-refractivity contribution < 1.29 is 27.5 Å². The number of para-hydroxylation sites is 1. The molecule has 1 unspecified atom stereocenters. The van der Waals surface area contributed by atoms with Crippen LogP contribution in [0.5, 0.6) is 0 Å². The molecule has 4 rings (SSSR count). The second-order valence-corrected chi connectivity index (χ2v) is 7.17. The van der Waals surface area contributed by atoms with Crippen molar-refractivity contribution in [1.82, 2.24) is 15.4 Å². The average Bonchev–Trinajstić information content (AvgIpc) is 3.12. The normalized spacial score (nSPS) is 18.6. The summed E-state index contributed by atoms with van der Waals surface area (Å²) < 4.78 is 53.4. The summed E-state index contributed by atoms with van der Waals surface area (Å²) in [4.78, 5) is 17.8. The van der Waals surface area contributed by atoms with Crippen LogP contribution in [-0.4, -0.2) is 39.6 Å². The minimum atomic E-state index is -3.52. The number of carbonyl (C=O) groups is 1. The zero-order chi connectivity index (χ0) is 22.3. The van der Waals surface area contributed by atoms with Crippen molar-refractivity contribution in [1.29, 1.82) is 0 Å². The number of hydrazine groups is 1. The molecular formula is C22H17F4N3O2. The fraction of sp³-hybridized carbons (Fsp3) is 0.182. The molecule has 1 atom stereocenters. The van der Waals surface area contributed by atoms with Gasteiger partial charge in [-0.2, -0.15) is 0 Å². The van der Waals surface area contributed by atoms with Crippen LogP contribution in [-0.2, 0) is 0 Å². The number of halogens is 4. The smallest absolute Gasteiger partial charge is 0.291 e. The number of fused-ring (bicyclic) bond motifs is 1. The summed E-state index contributed by atoms with van der Waals surface area (Å²) in [6, 6.07) is 15.2. The molecule has 0 bridgehead atoms. The van der Waals surface area contributed by atoms with Gasteiger partial charge in [0.25, 0.3) is 18.8 Å². The van der Waals surface area contributed by atoms with Gasteiger partial charge in [-0.25, -0.2) is 27.6 Å². The lowest BCUT2D eigenvalue weighted by Crippen LogP contribution is -2.56. The Bertz CT molecular complexity index is 1180. The molecular weight excluding hydrogens is 414 g/mol. The highest BCUT2D eigenvalue weighted by atomic mass is 19.3. The van der Waals surface area contributed by atoms with Gasteiger partial charge in [-0.15, -0.1) is 0 Å². The molecule has 0 radical (unpaired) electrons. The molecule has 1 amide bonds. The van der Waals surface area contributed by atoms with E-state index in [0.29, 0.717) is 22.2 Å². The van der Waals surface area contributed by atoms with Crippen LogP contribution in [0.25, 0.3) is 22.2 Å². The van der Waals surface area contributed by atoms with Crippen LogP contribution in [0.4, 0.5) is 17.6 Å². The van der Waals surface area contributed by atoms with E-state index in [1.54, 1.807) is 36.4 Å². The fourth-order valence-corrected chi connectivity index (χ4v) is 3.38. The number of nitrogens with zero attached hydrogens (tertiary/aromatic N) is 2. The Hall–Kier alpha value is -3.46. The average molecular weight is 431 g/mol. The van der Waals surface area contributed by atoms with Gasteiger partial charge in [0.15, 0.2) is 0 Å². The fourth-order valence-electron chi connectivity index (χ4n) is 3.38. The monoisotopic (exact) mass is 431 g/mol. The number of amides is 1. The zero-order valence-electron chi connectivity index (χ0n) is 16.2. The molecule has 0 spiro atoms. The van der Waals surface area contributed by atoms with Crippen LogP contribution in [0.2, 0.25) is 0 Å². The zero-order valence-corrected chi connectivity index (χ0v) is 16.2. The van der Waals surface area contributed by atoms with Gasteiger partial charge in [-0.05, 0) is 19.1 Å².